The van der Waals surface area contributed by atoms with Crippen LogP contribution in [0.15, 0.2) is 77.2 Å². The van der Waals surface area contributed by atoms with Gasteiger partial charge in [-0.3, -0.25) is 4.79 Å². The first kappa shape index (κ1) is 16.0. The van der Waals surface area contributed by atoms with E-state index in [1.165, 1.54) is 24.3 Å². The number of carbonyl (C=O) groups is 1. The second-order valence-corrected chi connectivity index (χ2v) is 5.85. The average molecular weight is 346 g/mol. The summed E-state index contributed by atoms with van der Waals surface area (Å²) in [6.45, 7) is 0.133. The summed E-state index contributed by atoms with van der Waals surface area (Å²) in [5.74, 6) is 0.0949. The van der Waals surface area contributed by atoms with Crippen LogP contribution in [-0.2, 0) is 0 Å². The predicted octanol–water partition coefficient (Wildman–Crippen LogP) is 4.93. The number of hydrogen-bond acceptors (Lipinski definition) is 4. The summed E-state index contributed by atoms with van der Waals surface area (Å²) >= 11 is 0. The minimum absolute atomic E-state index is 0.104. The van der Waals surface area contributed by atoms with Crippen molar-refractivity contribution in [1.82, 2.24) is 4.98 Å². The Hall–Kier alpha value is -3.47. The fourth-order valence-electron chi connectivity index (χ4n) is 2.65. The molecule has 0 saturated heterocycles. The number of rotatable bonds is 5. The second-order valence-electron chi connectivity index (χ2n) is 5.85. The number of nitrogens with zero attached hydrogens (tertiary/aromatic N) is 1. The van der Waals surface area contributed by atoms with Crippen molar-refractivity contribution in [2.45, 2.75) is 0 Å². The molecule has 3 aromatic carbocycles. The summed E-state index contributed by atoms with van der Waals surface area (Å²) in [7, 11) is 0. The van der Waals surface area contributed by atoms with Crippen LogP contribution in [0.25, 0.3) is 22.6 Å². The molecule has 0 saturated carbocycles. The lowest BCUT2D eigenvalue weighted by molar-refractivity contribution is 0.101. The van der Waals surface area contributed by atoms with Crippen LogP contribution in [0, 0.1) is 5.82 Å². The third-order valence-corrected chi connectivity index (χ3v) is 4.05. The normalized spacial score (nSPS) is 10.8. The molecule has 5 heteroatoms. The van der Waals surface area contributed by atoms with Crippen LogP contribution in [0.3, 0.4) is 0 Å². The molecule has 128 valence electrons. The van der Waals surface area contributed by atoms with Crippen LogP contribution in [0.4, 0.5) is 10.1 Å². The number of ketones is 1. The molecule has 0 amide bonds. The number of anilines is 1. The van der Waals surface area contributed by atoms with E-state index in [9.17, 15) is 9.18 Å². The molecule has 4 aromatic rings. The van der Waals surface area contributed by atoms with E-state index in [0.717, 1.165) is 22.4 Å². The van der Waals surface area contributed by atoms with Crippen LogP contribution in [0.1, 0.15) is 10.4 Å². The minimum Gasteiger partial charge on any atom is -0.436 e. The van der Waals surface area contributed by atoms with Gasteiger partial charge in [0.15, 0.2) is 11.4 Å². The molecule has 0 spiro atoms. The molecular weight excluding hydrogens is 331 g/mol. The largest absolute Gasteiger partial charge is 0.436 e. The molecule has 0 bridgehead atoms. The molecule has 0 atom stereocenters. The Labute approximate surface area is 149 Å². The molecule has 1 heterocycles. The Morgan fingerprint density at radius 3 is 2.42 bits per heavy atom. The average Bonchev–Trinajstić information content (AvgIpc) is 3.11. The monoisotopic (exact) mass is 346 g/mol. The van der Waals surface area contributed by atoms with Crippen LogP contribution >= 0.6 is 0 Å². The van der Waals surface area contributed by atoms with E-state index >= 15 is 0 Å². The van der Waals surface area contributed by atoms with Gasteiger partial charge in [0.1, 0.15) is 11.3 Å². The number of halogens is 1. The molecule has 0 radical (unpaired) electrons. The number of nitrogens with one attached hydrogen (secondary N) is 1. The molecule has 0 unspecified atom stereocenters. The third-order valence-electron chi connectivity index (χ3n) is 4.05. The van der Waals surface area contributed by atoms with Crippen LogP contribution in [-0.4, -0.2) is 17.3 Å². The SMILES string of the molecule is O=C(CNc1ccc(-c2nc3ccccc3o2)cc1)c1ccc(F)cc1. The molecule has 4 nitrogen and oxygen atoms in total. The summed E-state index contributed by atoms with van der Waals surface area (Å²) < 4.78 is 18.7. The first-order valence-corrected chi connectivity index (χ1v) is 8.18. The lowest BCUT2D eigenvalue weighted by Gasteiger charge is -2.06. The quantitative estimate of drug-likeness (QED) is 0.521. The van der Waals surface area contributed by atoms with E-state index in [1.807, 2.05) is 48.5 Å². The van der Waals surface area contributed by atoms with E-state index in [1.54, 1.807) is 0 Å². The van der Waals surface area contributed by atoms with E-state index in [4.69, 9.17) is 4.42 Å². The van der Waals surface area contributed by atoms with E-state index in [-0.39, 0.29) is 18.1 Å². The highest BCUT2D eigenvalue weighted by Gasteiger charge is 2.09. The Morgan fingerprint density at radius 2 is 1.69 bits per heavy atom. The molecular formula is C21H15FN2O2. The van der Waals surface area contributed by atoms with E-state index < -0.39 is 0 Å². The van der Waals surface area contributed by atoms with Crippen molar-refractivity contribution < 1.29 is 13.6 Å². The zero-order chi connectivity index (χ0) is 17.9. The molecule has 1 aromatic heterocycles. The van der Waals surface area contributed by atoms with Crippen molar-refractivity contribution in [3.05, 3.63) is 84.2 Å². The van der Waals surface area contributed by atoms with Gasteiger partial charge < -0.3 is 9.73 Å². The predicted molar refractivity (Wildman–Crippen MR) is 98.7 cm³/mol. The number of fused-ring (bicyclic) bond motifs is 1. The van der Waals surface area contributed by atoms with Crippen molar-refractivity contribution in [2.24, 2.45) is 0 Å². The molecule has 0 aliphatic rings. The van der Waals surface area contributed by atoms with E-state index in [2.05, 4.69) is 10.3 Å². The van der Waals surface area contributed by atoms with Crippen molar-refractivity contribution in [3.8, 4) is 11.5 Å². The summed E-state index contributed by atoms with van der Waals surface area (Å²) in [5, 5.41) is 3.07. The van der Waals surface area contributed by atoms with Gasteiger partial charge >= 0.3 is 0 Å². The summed E-state index contributed by atoms with van der Waals surface area (Å²) in [4.78, 5) is 16.6. The number of para-hydroxylation sites is 2. The van der Waals surface area contributed by atoms with Crippen LogP contribution < -0.4 is 5.32 Å². The maximum absolute atomic E-state index is 12.9. The lowest BCUT2D eigenvalue weighted by atomic mass is 10.1. The Balaban J connectivity index is 1.44. The van der Waals surface area contributed by atoms with Gasteiger partial charge in [-0.1, -0.05) is 12.1 Å². The lowest BCUT2D eigenvalue weighted by Crippen LogP contribution is -2.13. The number of Topliss-reactive ketones (excluding diaryl/α,β-unsaturated/α-hetero) is 1. The fraction of sp³-hybridized carbons (Fsp3) is 0.0476. The molecule has 26 heavy (non-hydrogen) atoms. The van der Waals surface area contributed by atoms with Gasteiger partial charge in [-0.25, -0.2) is 9.37 Å². The smallest absolute Gasteiger partial charge is 0.227 e. The van der Waals surface area contributed by atoms with Gasteiger partial charge in [-0.15, -0.1) is 0 Å². The van der Waals surface area contributed by atoms with Gasteiger partial charge in [0.05, 0.1) is 6.54 Å². The maximum atomic E-state index is 12.9. The third kappa shape index (κ3) is 3.32. The zero-order valence-electron chi connectivity index (χ0n) is 13.8. The van der Waals surface area contributed by atoms with Crippen LogP contribution in [0.2, 0.25) is 0 Å². The van der Waals surface area contributed by atoms with Crippen molar-refractivity contribution in [1.29, 1.82) is 0 Å². The first-order valence-electron chi connectivity index (χ1n) is 8.18. The molecule has 1 N–H and O–H groups in total. The minimum atomic E-state index is -0.357. The van der Waals surface area contributed by atoms with E-state index in [0.29, 0.717) is 11.5 Å². The van der Waals surface area contributed by atoms with Gasteiger partial charge in [-0.05, 0) is 60.7 Å². The number of benzene rings is 3. The Morgan fingerprint density at radius 1 is 0.962 bits per heavy atom. The molecule has 0 aliphatic carbocycles. The van der Waals surface area contributed by atoms with Gasteiger partial charge in [0.2, 0.25) is 5.89 Å². The molecule has 0 aliphatic heterocycles. The standard InChI is InChI=1S/C21H15FN2O2/c22-16-9-5-14(6-10-16)19(25)13-23-17-11-7-15(8-12-17)21-24-18-3-1-2-4-20(18)26-21/h1-12,23H,13H2. The topological polar surface area (TPSA) is 55.1 Å². The Kier molecular flexibility index (Phi) is 4.19. The zero-order valence-corrected chi connectivity index (χ0v) is 13.8. The van der Waals surface area contributed by atoms with Crippen molar-refractivity contribution in [2.75, 3.05) is 11.9 Å². The van der Waals surface area contributed by atoms with Crippen molar-refractivity contribution >= 4 is 22.6 Å². The number of oxazole rings is 1. The van der Waals surface area contributed by atoms with Gasteiger partial charge in [0.25, 0.3) is 0 Å². The highest BCUT2D eigenvalue weighted by atomic mass is 19.1. The van der Waals surface area contributed by atoms with Gasteiger partial charge in [0, 0.05) is 16.8 Å². The highest BCUT2D eigenvalue weighted by molar-refractivity contribution is 5.98. The molecule has 0 fully saturated rings. The maximum Gasteiger partial charge on any atom is 0.227 e. The summed E-state index contributed by atoms with van der Waals surface area (Å²) in [6.07, 6.45) is 0. The Bertz CT molecular complexity index is 1020. The summed E-state index contributed by atoms with van der Waals surface area (Å²) in [5.41, 5.74) is 3.70. The fourth-order valence-corrected chi connectivity index (χ4v) is 2.65. The van der Waals surface area contributed by atoms with Crippen molar-refractivity contribution in [3.63, 3.8) is 0 Å². The van der Waals surface area contributed by atoms with Crippen LogP contribution in [0.5, 0.6) is 0 Å². The highest BCUT2D eigenvalue weighted by Crippen LogP contribution is 2.25. The number of aromatic nitrogens is 1. The number of hydrogen-bond donors (Lipinski definition) is 1. The second kappa shape index (κ2) is 6.80. The summed E-state index contributed by atoms with van der Waals surface area (Å²) in [6, 6.07) is 20.6. The first-order chi connectivity index (χ1) is 12.7. The molecule has 4 rings (SSSR count). The van der Waals surface area contributed by atoms with Gasteiger partial charge in [-0.2, -0.15) is 0 Å². The number of carbonyl (C=O) groups excluding carboxylic acids is 1.